The van der Waals surface area contributed by atoms with Gasteiger partial charge in [0.15, 0.2) is 0 Å². The van der Waals surface area contributed by atoms with Gasteiger partial charge in [-0.3, -0.25) is 4.79 Å². The normalized spacial score (nSPS) is 28.2. The van der Waals surface area contributed by atoms with E-state index in [4.69, 9.17) is 0 Å². The Hall–Kier alpha value is -1.31. The van der Waals surface area contributed by atoms with Gasteiger partial charge in [-0.2, -0.15) is 0 Å². The van der Waals surface area contributed by atoms with Gasteiger partial charge in [0.1, 0.15) is 0 Å². The first-order chi connectivity index (χ1) is 10.2. The SMILES string of the molecule is C[C@@H]1CCCC[C@@H]1NC(=O)C1(c2ccccc2)CCCC1. The lowest BCUT2D eigenvalue weighted by Gasteiger charge is -2.35. The summed E-state index contributed by atoms with van der Waals surface area (Å²) in [4.78, 5) is 13.1. The van der Waals surface area contributed by atoms with E-state index in [2.05, 4.69) is 36.5 Å². The summed E-state index contributed by atoms with van der Waals surface area (Å²) in [7, 11) is 0. The smallest absolute Gasteiger partial charge is 0.230 e. The third-order valence-corrected chi connectivity index (χ3v) is 5.65. The number of nitrogens with one attached hydrogen (secondary N) is 1. The maximum absolute atomic E-state index is 13.1. The molecule has 0 spiro atoms. The van der Waals surface area contributed by atoms with Gasteiger partial charge in [0, 0.05) is 6.04 Å². The largest absolute Gasteiger partial charge is 0.352 e. The van der Waals surface area contributed by atoms with Gasteiger partial charge < -0.3 is 5.32 Å². The maximum atomic E-state index is 13.1. The van der Waals surface area contributed by atoms with E-state index in [0.717, 1.165) is 19.3 Å². The molecule has 0 bridgehead atoms. The molecule has 21 heavy (non-hydrogen) atoms. The number of hydrogen-bond acceptors (Lipinski definition) is 1. The van der Waals surface area contributed by atoms with Crippen molar-refractivity contribution in [3.63, 3.8) is 0 Å². The average Bonchev–Trinajstić information content (AvgIpc) is 3.01. The number of carbonyl (C=O) groups excluding carboxylic acids is 1. The Morgan fingerprint density at radius 3 is 2.38 bits per heavy atom. The standard InChI is InChI=1S/C19H27NO/c1-15-9-5-6-12-17(15)20-18(21)19(13-7-8-14-19)16-10-3-2-4-11-16/h2-4,10-11,15,17H,5-9,12-14H2,1H3,(H,20,21)/t15-,17+/m1/s1. The highest BCUT2D eigenvalue weighted by Gasteiger charge is 2.43. The minimum atomic E-state index is -0.265. The monoisotopic (exact) mass is 285 g/mol. The zero-order chi connectivity index (χ0) is 14.7. The minimum absolute atomic E-state index is 0.265. The molecule has 0 radical (unpaired) electrons. The lowest BCUT2D eigenvalue weighted by atomic mass is 9.77. The molecule has 1 aromatic rings. The van der Waals surface area contributed by atoms with Crippen molar-refractivity contribution in [1.82, 2.24) is 5.32 Å². The molecule has 2 heteroatoms. The van der Waals surface area contributed by atoms with Crippen molar-refractivity contribution in [2.24, 2.45) is 5.92 Å². The van der Waals surface area contributed by atoms with Crippen LogP contribution < -0.4 is 5.32 Å². The van der Waals surface area contributed by atoms with Gasteiger partial charge in [-0.1, -0.05) is 62.9 Å². The van der Waals surface area contributed by atoms with E-state index in [1.807, 2.05) is 6.07 Å². The van der Waals surface area contributed by atoms with E-state index in [9.17, 15) is 4.79 Å². The van der Waals surface area contributed by atoms with Gasteiger partial charge in [-0.25, -0.2) is 0 Å². The van der Waals surface area contributed by atoms with Gasteiger partial charge in [0.05, 0.1) is 5.41 Å². The van der Waals surface area contributed by atoms with Gasteiger partial charge in [-0.05, 0) is 37.2 Å². The third-order valence-electron chi connectivity index (χ3n) is 5.65. The van der Waals surface area contributed by atoms with Crippen LogP contribution in [0, 0.1) is 5.92 Å². The Kier molecular flexibility index (Phi) is 4.32. The lowest BCUT2D eigenvalue weighted by molar-refractivity contribution is -0.128. The molecule has 0 heterocycles. The summed E-state index contributed by atoms with van der Waals surface area (Å²) in [5.74, 6) is 0.905. The quantitative estimate of drug-likeness (QED) is 0.886. The second-order valence-corrected chi connectivity index (χ2v) is 7.00. The summed E-state index contributed by atoms with van der Waals surface area (Å²) in [6.45, 7) is 2.29. The summed E-state index contributed by atoms with van der Waals surface area (Å²) >= 11 is 0. The number of hydrogen-bond donors (Lipinski definition) is 1. The molecule has 0 unspecified atom stereocenters. The van der Waals surface area contributed by atoms with Crippen molar-refractivity contribution >= 4 is 5.91 Å². The average molecular weight is 285 g/mol. The molecule has 0 aliphatic heterocycles. The van der Waals surface area contributed by atoms with Crippen molar-refractivity contribution < 1.29 is 4.79 Å². The van der Waals surface area contributed by atoms with Crippen LogP contribution >= 0.6 is 0 Å². The highest BCUT2D eigenvalue weighted by Crippen LogP contribution is 2.41. The molecule has 2 aliphatic carbocycles. The first kappa shape index (κ1) is 14.6. The number of carbonyl (C=O) groups is 1. The molecular formula is C19H27NO. The third kappa shape index (κ3) is 2.86. The second kappa shape index (κ2) is 6.21. The fourth-order valence-electron chi connectivity index (χ4n) is 4.22. The summed E-state index contributed by atoms with van der Waals surface area (Å²) in [6.07, 6.45) is 9.32. The van der Waals surface area contributed by atoms with Crippen LogP contribution in [0.4, 0.5) is 0 Å². The first-order valence-electron chi connectivity index (χ1n) is 8.59. The summed E-state index contributed by atoms with van der Waals surface area (Å²) < 4.78 is 0. The van der Waals surface area contributed by atoms with Crippen LogP contribution in [0.5, 0.6) is 0 Å². The fourth-order valence-corrected chi connectivity index (χ4v) is 4.22. The molecule has 2 atom stereocenters. The molecule has 114 valence electrons. The van der Waals surface area contributed by atoms with Crippen molar-refractivity contribution in [1.29, 1.82) is 0 Å². The number of amides is 1. The maximum Gasteiger partial charge on any atom is 0.230 e. The van der Waals surface area contributed by atoms with E-state index in [1.165, 1.54) is 37.7 Å². The summed E-state index contributed by atoms with van der Waals surface area (Å²) in [5, 5.41) is 3.41. The molecule has 2 nitrogen and oxygen atoms in total. The lowest BCUT2D eigenvalue weighted by Crippen LogP contribution is -2.49. The fraction of sp³-hybridized carbons (Fsp3) is 0.632. The topological polar surface area (TPSA) is 29.1 Å². The van der Waals surface area contributed by atoms with Crippen LogP contribution in [0.2, 0.25) is 0 Å². The van der Waals surface area contributed by atoms with Gasteiger partial charge in [0.25, 0.3) is 0 Å². The second-order valence-electron chi connectivity index (χ2n) is 7.00. The molecule has 2 saturated carbocycles. The van der Waals surface area contributed by atoms with Crippen molar-refractivity contribution in [2.75, 3.05) is 0 Å². The molecule has 2 aliphatic rings. The Bertz CT molecular complexity index is 476. The molecular weight excluding hydrogens is 258 g/mol. The van der Waals surface area contributed by atoms with Crippen molar-refractivity contribution in [3.8, 4) is 0 Å². The highest BCUT2D eigenvalue weighted by molar-refractivity contribution is 5.88. The van der Waals surface area contributed by atoms with E-state index < -0.39 is 0 Å². The summed E-state index contributed by atoms with van der Waals surface area (Å²) in [5.41, 5.74) is 0.946. The zero-order valence-corrected chi connectivity index (χ0v) is 13.1. The van der Waals surface area contributed by atoms with Gasteiger partial charge in [0.2, 0.25) is 5.91 Å². The Balaban J connectivity index is 1.79. The van der Waals surface area contributed by atoms with Crippen LogP contribution in [0.15, 0.2) is 30.3 Å². The van der Waals surface area contributed by atoms with Crippen LogP contribution in [0.1, 0.15) is 63.9 Å². The molecule has 0 aromatic heterocycles. The number of rotatable bonds is 3. The Morgan fingerprint density at radius 2 is 1.71 bits per heavy atom. The predicted octanol–water partition coefficient (Wildman–Crippen LogP) is 4.19. The van der Waals surface area contributed by atoms with Crippen LogP contribution in [-0.2, 0) is 10.2 Å². The Labute approximate surface area is 128 Å². The zero-order valence-electron chi connectivity index (χ0n) is 13.1. The van der Waals surface area contributed by atoms with Crippen molar-refractivity contribution in [3.05, 3.63) is 35.9 Å². The highest BCUT2D eigenvalue weighted by atomic mass is 16.2. The Morgan fingerprint density at radius 1 is 1.05 bits per heavy atom. The van der Waals surface area contributed by atoms with E-state index >= 15 is 0 Å². The molecule has 1 amide bonds. The van der Waals surface area contributed by atoms with E-state index in [1.54, 1.807) is 0 Å². The van der Waals surface area contributed by atoms with E-state index in [0.29, 0.717) is 12.0 Å². The molecule has 0 saturated heterocycles. The summed E-state index contributed by atoms with van der Waals surface area (Å²) in [6, 6.07) is 10.8. The van der Waals surface area contributed by atoms with Crippen LogP contribution in [0.25, 0.3) is 0 Å². The van der Waals surface area contributed by atoms with Crippen LogP contribution in [-0.4, -0.2) is 11.9 Å². The van der Waals surface area contributed by atoms with Crippen LogP contribution in [0.3, 0.4) is 0 Å². The van der Waals surface area contributed by atoms with Crippen molar-refractivity contribution in [2.45, 2.75) is 69.7 Å². The predicted molar refractivity (Wildman–Crippen MR) is 86.2 cm³/mol. The molecule has 1 aromatic carbocycles. The van der Waals surface area contributed by atoms with E-state index in [-0.39, 0.29) is 11.3 Å². The molecule has 2 fully saturated rings. The molecule has 1 N–H and O–H groups in total. The molecule has 3 rings (SSSR count). The first-order valence-corrected chi connectivity index (χ1v) is 8.59. The van der Waals surface area contributed by atoms with Gasteiger partial charge >= 0.3 is 0 Å². The van der Waals surface area contributed by atoms with Gasteiger partial charge in [-0.15, -0.1) is 0 Å². The number of benzene rings is 1. The minimum Gasteiger partial charge on any atom is -0.352 e.